The molecule has 0 bridgehead atoms. The van der Waals surface area contributed by atoms with Crippen LogP contribution in [-0.2, 0) is 12.8 Å². The van der Waals surface area contributed by atoms with Gasteiger partial charge >= 0.3 is 0 Å². The lowest BCUT2D eigenvalue weighted by Crippen LogP contribution is -2.58. The van der Waals surface area contributed by atoms with E-state index in [1.165, 1.54) is 24.1 Å². The van der Waals surface area contributed by atoms with E-state index >= 15 is 0 Å². The van der Waals surface area contributed by atoms with Gasteiger partial charge in [-0.25, -0.2) is 0 Å². The number of halogens is 1. The molecular weight excluding hydrogens is 368 g/mol. The van der Waals surface area contributed by atoms with Crippen LogP contribution in [0.2, 0.25) is 0 Å². The van der Waals surface area contributed by atoms with Crippen molar-refractivity contribution in [2.45, 2.75) is 56.7 Å². The Kier molecular flexibility index (Phi) is 5.43. The number of anilines is 1. The van der Waals surface area contributed by atoms with E-state index in [2.05, 4.69) is 65.3 Å². The molecule has 3 aliphatic rings. The number of hydrogen-bond donors (Lipinski definition) is 1. The van der Waals surface area contributed by atoms with Gasteiger partial charge in [-0.1, -0.05) is 36.4 Å². The van der Waals surface area contributed by atoms with Crippen LogP contribution in [0, 0.1) is 6.92 Å². The van der Waals surface area contributed by atoms with E-state index in [0.29, 0.717) is 6.04 Å². The maximum atomic E-state index is 10.9. The molecule has 3 nitrogen and oxygen atoms in total. The number of aryl methyl sites for hydroxylation is 1. The van der Waals surface area contributed by atoms with Gasteiger partial charge in [-0.2, -0.15) is 0 Å². The van der Waals surface area contributed by atoms with Crippen LogP contribution in [0.25, 0.3) is 0 Å². The summed E-state index contributed by atoms with van der Waals surface area (Å²) in [7, 11) is 0. The third-order valence-corrected chi connectivity index (χ3v) is 7.43. The molecule has 4 heteroatoms. The Balaban J connectivity index is 0.00000192. The second kappa shape index (κ2) is 7.70. The van der Waals surface area contributed by atoms with Gasteiger partial charge in [0, 0.05) is 31.4 Å². The van der Waals surface area contributed by atoms with Crippen LogP contribution >= 0.6 is 12.4 Å². The molecule has 1 N–H and O–H groups in total. The van der Waals surface area contributed by atoms with E-state index < -0.39 is 0 Å². The molecule has 5 rings (SSSR count). The van der Waals surface area contributed by atoms with Crippen molar-refractivity contribution in [2.24, 2.45) is 0 Å². The van der Waals surface area contributed by atoms with Crippen molar-refractivity contribution in [1.82, 2.24) is 4.90 Å². The number of hydrogen-bond acceptors (Lipinski definition) is 3. The first-order valence-electron chi connectivity index (χ1n) is 10.5. The molecule has 28 heavy (non-hydrogen) atoms. The van der Waals surface area contributed by atoms with E-state index in [0.717, 1.165) is 38.9 Å². The van der Waals surface area contributed by atoms with E-state index in [9.17, 15) is 5.11 Å². The minimum atomic E-state index is -0.206. The Morgan fingerprint density at radius 3 is 2.39 bits per heavy atom. The van der Waals surface area contributed by atoms with Gasteiger partial charge in [0.15, 0.2) is 0 Å². The molecule has 2 aromatic rings. The van der Waals surface area contributed by atoms with E-state index in [4.69, 9.17) is 0 Å². The van der Waals surface area contributed by atoms with Gasteiger partial charge in [0.05, 0.1) is 11.6 Å². The van der Waals surface area contributed by atoms with Gasteiger partial charge in [0.2, 0.25) is 0 Å². The fraction of sp³-hybridized carbons (Fsp3) is 0.500. The highest BCUT2D eigenvalue weighted by atomic mass is 35.5. The fourth-order valence-corrected chi connectivity index (χ4v) is 5.86. The summed E-state index contributed by atoms with van der Waals surface area (Å²) in [6.45, 7) is 5.41. The molecule has 2 heterocycles. The van der Waals surface area contributed by atoms with Crippen molar-refractivity contribution in [2.75, 3.05) is 24.5 Å². The maximum Gasteiger partial charge on any atom is 0.0789 e. The molecule has 2 atom stereocenters. The summed E-state index contributed by atoms with van der Waals surface area (Å²) in [5.41, 5.74) is 5.78. The lowest BCUT2D eigenvalue weighted by Gasteiger charge is -2.48. The first-order chi connectivity index (χ1) is 13.2. The van der Waals surface area contributed by atoms with Crippen LogP contribution in [-0.4, -0.2) is 47.3 Å². The zero-order valence-electron chi connectivity index (χ0n) is 16.7. The highest BCUT2D eigenvalue weighted by Gasteiger charge is 2.50. The minimum Gasteiger partial charge on any atom is -0.391 e. The summed E-state index contributed by atoms with van der Waals surface area (Å²) in [5, 5.41) is 10.9. The number of fused-ring (bicyclic) bond motifs is 1. The summed E-state index contributed by atoms with van der Waals surface area (Å²) in [6, 6.07) is 18.1. The standard InChI is InChI=1S/C24H30N2O.ClH/c1-18-6-5-7-19-16-21(17-22(18)19)25-14-11-24(12-15-25)23(27)10-13-26(24)20-8-3-2-4-9-20;/h2-9,21,23,27H,10-17H2,1H3;1H. The van der Waals surface area contributed by atoms with Crippen molar-refractivity contribution in [3.8, 4) is 0 Å². The molecule has 150 valence electrons. The maximum absolute atomic E-state index is 10.9. The molecule has 0 saturated carbocycles. The predicted molar refractivity (Wildman–Crippen MR) is 118 cm³/mol. The Hall–Kier alpha value is -1.55. The molecule has 0 radical (unpaired) electrons. The van der Waals surface area contributed by atoms with Crippen molar-refractivity contribution in [3.05, 3.63) is 65.2 Å². The predicted octanol–water partition coefficient (Wildman–Crippen LogP) is 3.99. The Morgan fingerprint density at radius 2 is 1.68 bits per heavy atom. The molecule has 2 unspecified atom stereocenters. The summed E-state index contributed by atoms with van der Waals surface area (Å²) in [6.07, 6.45) is 5.20. The lowest BCUT2D eigenvalue weighted by molar-refractivity contribution is 0.0428. The van der Waals surface area contributed by atoms with Crippen LogP contribution < -0.4 is 4.90 Å². The number of aliphatic hydroxyl groups is 1. The van der Waals surface area contributed by atoms with Gasteiger partial charge in [-0.15, -0.1) is 12.4 Å². The Labute approximate surface area is 174 Å². The Bertz CT molecular complexity index is 817. The van der Waals surface area contributed by atoms with Crippen LogP contribution in [0.15, 0.2) is 48.5 Å². The second-order valence-corrected chi connectivity index (χ2v) is 8.71. The monoisotopic (exact) mass is 398 g/mol. The van der Waals surface area contributed by atoms with Crippen LogP contribution in [0.1, 0.15) is 36.0 Å². The van der Waals surface area contributed by atoms with Gasteiger partial charge in [0.1, 0.15) is 0 Å². The largest absolute Gasteiger partial charge is 0.391 e. The topological polar surface area (TPSA) is 26.7 Å². The normalized spacial score (nSPS) is 26.3. The third kappa shape index (κ3) is 3.14. The summed E-state index contributed by atoms with van der Waals surface area (Å²) in [4.78, 5) is 5.20. The second-order valence-electron chi connectivity index (χ2n) is 8.71. The van der Waals surface area contributed by atoms with Crippen LogP contribution in [0.3, 0.4) is 0 Å². The van der Waals surface area contributed by atoms with Gasteiger partial charge in [-0.3, -0.25) is 4.90 Å². The SMILES string of the molecule is Cc1cccc2c1CC(N1CCC3(CC1)C(O)CCN3c1ccccc1)C2.Cl. The first kappa shape index (κ1) is 19.8. The molecule has 2 fully saturated rings. The van der Waals surface area contributed by atoms with Crippen molar-refractivity contribution < 1.29 is 5.11 Å². The average molecular weight is 399 g/mol. The molecule has 2 saturated heterocycles. The highest BCUT2D eigenvalue weighted by molar-refractivity contribution is 5.85. The van der Waals surface area contributed by atoms with Gasteiger partial charge < -0.3 is 10.0 Å². The number of para-hydroxylation sites is 1. The van der Waals surface area contributed by atoms with Gasteiger partial charge in [-0.05, 0) is 67.9 Å². The van der Waals surface area contributed by atoms with Gasteiger partial charge in [0.25, 0.3) is 0 Å². The van der Waals surface area contributed by atoms with E-state index in [1.807, 2.05) is 0 Å². The number of nitrogens with zero attached hydrogens (tertiary/aromatic N) is 2. The highest BCUT2D eigenvalue weighted by Crippen LogP contribution is 2.42. The third-order valence-electron chi connectivity index (χ3n) is 7.43. The number of rotatable bonds is 2. The van der Waals surface area contributed by atoms with E-state index in [-0.39, 0.29) is 24.0 Å². The molecule has 0 amide bonds. The number of benzene rings is 2. The van der Waals surface area contributed by atoms with Crippen molar-refractivity contribution in [3.63, 3.8) is 0 Å². The minimum absolute atomic E-state index is 0. The zero-order chi connectivity index (χ0) is 18.4. The lowest BCUT2D eigenvalue weighted by atomic mass is 9.82. The Morgan fingerprint density at radius 1 is 0.929 bits per heavy atom. The summed E-state index contributed by atoms with van der Waals surface area (Å²) in [5.74, 6) is 0. The number of piperidine rings is 1. The quantitative estimate of drug-likeness (QED) is 0.828. The summed E-state index contributed by atoms with van der Waals surface area (Å²) < 4.78 is 0. The van der Waals surface area contributed by atoms with Crippen molar-refractivity contribution >= 4 is 18.1 Å². The fourth-order valence-electron chi connectivity index (χ4n) is 5.86. The molecular formula is C24H31ClN2O. The molecule has 1 spiro atoms. The molecule has 2 aromatic carbocycles. The molecule has 0 aromatic heterocycles. The van der Waals surface area contributed by atoms with Crippen LogP contribution in [0.4, 0.5) is 5.69 Å². The first-order valence-corrected chi connectivity index (χ1v) is 10.5. The van der Waals surface area contributed by atoms with E-state index in [1.54, 1.807) is 11.1 Å². The van der Waals surface area contributed by atoms with Crippen LogP contribution in [0.5, 0.6) is 0 Å². The van der Waals surface area contributed by atoms with Crippen molar-refractivity contribution in [1.29, 1.82) is 0 Å². The number of likely N-dealkylation sites (tertiary alicyclic amines) is 1. The summed E-state index contributed by atoms with van der Waals surface area (Å²) >= 11 is 0. The number of aliphatic hydroxyl groups excluding tert-OH is 1. The zero-order valence-corrected chi connectivity index (χ0v) is 17.5. The smallest absolute Gasteiger partial charge is 0.0789 e. The average Bonchev–Trinajstić information content (AvgIpc) is 3.27. The molecule has 2 aliphatic heterocycles. The molecule has 1 aliphatic carbocycles.